The Morgan fingerprint density at radius 2 is 1.60 bits per heavy atom. The van der Waals surface area contributed by atoms with Gasteiger partial charge >= 0.3 is 12.2 Å². The number of unbranched alkanes of at least 4 members (excludes halogenated alkanes) is 1. The molecule has 0 saturated heterocycles. The van der Waals surface area contributed by atoms with Crippen LogP contribution in [0.4, 0.5) is 28.0 Å². The van der Waals surface area contributed by atoms with Crippen LogP contribution in [0.1, 0.15) is 36.5 Å². The molecule has 0 aliphatic carbocycles. The Kier molecular flexibility index (Phi) is 9.61. The van der Waals surface area contributed by atoms with E-state index in [1.54, 1.807) is 24.3 Å². The average Bonchev–Trinajstić information content (AvgIpc) is 2.97. The van der Waals surface area contributed by atoms with Gasteiger partial charge in [-0.2, -0.15) is 13.2 Å². The first-order valence-corrected chi connectivity index (χ1v) is 13.3. The standard InChI is InChI=1S/C31H29F4N3O4/c1-2-3-16-37(30(41)36-26-10-6-5-9-25(26)31(33,34)35)19-28(39)38(17-21-12-14-23(32)15-13-21)18-22-20-42-27-11-7-4-8-24(27)29(22)40/h4-15,20H,2-3,16-19H2,1H3,(H,36,41). The van der Waals surface area contributed by atoms with Gasteiger partial charge in [0.05, 0.1) is 35.0 Å². The first-order chi connectivity index (χ1) is 20.1. The number of nitrogens with one attached hydrogen (secondary N) is 1. The van der Waals surface area contributed by atoms with Crippen molar-refractivity contribution < 1.29 is 31.6 Å². The maximum absolute atomic E-state index is 13.7. The lowest BCUT2D eigenvalue weighted by Gasteiger charge is -2.28. The van der Waals surface area contributed by atoms with Crippen LogP contribution in [0.5, 0.6) is 0 Å². The zero-order valence-corrected chi connectivity index (χ0v) is 22.8. The first-order valence-electron chi connectivity index (χ1n) is 13.3. The van der Waals surface area contributed by atoms with Gasteiger partial charge in [0.2, 0.25) is 5.91 Å². The summed E-state index contributed by atoms with van der Waals surface area (Å²) in [4.78, 5) is 42.5. The normalized spacial score (nSPS) is 11.4. The van der Waals surface area contributed by atoms with E-state index in [4.69, 9.17) is 4.42 Å². The van der Waals surface area contributed by atoms with Crippen molar-refractivity contribution in [1.29, 1.82) is 0 Å². The fourth-order valence-electron chi connectivity index (χ4n) is 4.37. The molecule has 1 heterocycles. The number of nitrogens with zero attached hydrogens (tertiary/aromatic N) is 2. The lowest BCUT2D eigenvalue weighted by atomic mass is 10.1. The molecule has 0 atom stereocenters. The molecule has 0 unspecified atom stereocenters. The maximum atomic E-state index is 13.7. The molecule has 0 bridgehead atoms. The van der Waals surface area contributed by atoms with Crippen LogP contribution >= 0.6 is 0 Å². The van der Waals surface area contributed by atoms with Crippen molar-refractivity contribution in [3.63, 3.8) is 0 Å². The Morgan fingerprint density at radius 1 is 0.905 bits per heavy atom. The van der Waals surface area contributed by atoms with Gasteiger partial charge in [0, 0.05) is 13.1 Å². The van der Waals surface area contributed by atoms with Crippen molar-refractivity contribution in [1.82, 2.24) is 9.80 Å². The molecule has 4 rings (SSSR count). The zero-order chi connectivity index (χ0) is 30.3. The summed E-state index contributed by atoms with van der Waals surface area (Å²) >= 11 is 0. The summed E-state index contributed by atoms with van der Waals surface area (Å²) in [6, 6.07) is 15.8. The number of benzene rings is 3. The SMILES string of the molecule is CCCCN(CC(=O)N(Cc1ccc(F)cc1)Cc1coc2ccccc2c1=O)C(=O)Nc1ccccc1C(F)(F)F. The largest absolute Gasteiger partial charge is 0.464 e. The number of rotatable bonds is 10. The minimum Gasteiger partial charge on any atom is -0.464 e. The van der Waals surface area contributed by atoms with Gasteiger partial charge in [0.25, 0.3) is 0 Å². The average molecular weight is 584 g/mol. The fourth-order valence-corrected chi connectivity index (χ4v) is 4.37. The second-order valence-electron chi connectivity index (χ2n) is 9.71. The molecule has 0 spiro atoms. The Balaban J connectivity index is 1.61. The van der Waals surface area contributed by atoms with Gasteiger partial charge in [0.1, 0.15) is 17.9 Å². The number of anilines is 1. The molecule has 220 valence electrons. The predicted molar refractivity (Wildman–Crippen MR) is 150 cm³/mol. The number of hydrogen-bond acceptors (Lipinski definition) is 4. The highest BCUT2D eigenvalue weighted by Gasteiger charge is 2.34. The topological polar surface area (TPSA) is 82.9 Å². The van der Waals surface area contributed by atoms with E-state index in [1.807, 2.05) is 6.92 Å². The van der Waals surface area contributed by atoms with Crippen LogP contribution in [-0.2, 0) is 24.1 Å². The molecule has 11 heteroatoms. The van der Waals surface area contributed by atoms with Crippen molar-refractivity contribution in [3.05, 3.63) is 112 Å². The fraction of sp³-hybridized carbons (Fsp3) is 0.258. The second kappa shape index (κ2) is 13.3. The van der Waals surface area contributed by atoms with E-state index in [9.17, 15) is 31.9 Å². The third-order valence-electron chi connectivity index (χ3n) is 6.62. The van der Waals surface area contributed by atoms with Gasteiger partial charge < -0.3 is 19.5 Å². The molecule has 3 amide bonds. The number of carbonyl (C=O) groups excluding carboxylic acids is 2. The number of hydrogen-bond donors (Lipinski definition) is 1. The summed E-state index contributed by atoms with van der Waals surface area (Å²) in [6.45, 7) is 1.30. The van der Waals surface area contributed by atoms with Crippen LogP contribution < -0.4 is 10.7 Å². The van der Waals surface area contributed by atoms with Gasteiger partial charge in [-0.05, 0) is 48.4 Å². The van der Waals surface area contributed by atoms with Crippen molar-refractivity contribution in [2.24, 2.45) is 0 Å². The molecule has 0 aliphatic rings. The van der Waals surface area contributed by atoms with Crippen LogP contribution in [-0.4, -0.2) is 34.8 Å². The van der Waals surface area contributed by atoms with E-state index in [1.165, 1.54) is 47.6 Å². The number of alkyl halides is 3. The lowest BCUT2D eigenvalue weighted by Crippen LogP contribution is -2.45. The zero-order valence-electron chi connectivity index (χ0n) is 22.8. The van der Waals surface area contributed by atoms with Gasteiger partial charge in [-0.15, -0.1) is 0 Å². The third-order valence-corrected chi connectivity index (χ3v) is 6.62. The van der Waals surface area contributed by atoms with Crippen molar-refractivity contribution >= 4 is 28.6 Å². The molecule has 7 nitrogen and oxygen atoms in total. The quantitative estimate of drug-likeness (QED) is 0.208. The van der Waals surface area contributed by atoms with E-state index >= 15 is 0 Å². The minimum atomic E-state index is -4.69. The highest BCUT2D eigenvalue weighted by Crippen LogP contribution is 2.34. The van der Waals surface area contributed by atoms with Crippen LogP contribution in [0.15, 0.2) is 88.3 Å². The summed E-state index contributed by atoms with van der Waals surface area (Å²) in [5, 5.41) is 2.62. The van der Waals surface area contributed by atoms with Crippen LogP contribution in [0.3, 0.4) is 0 Å². The second-order valence-corrected chi connectivity index (χ2v) is 9.71. The summed E-state index contributed by atoms with van der Waals surface area (Å²) in [7, 11) is 0. The minimum absolute atomic E-state index is 0.0223. The molecule has 0 saturated carbocycles. The van der Waals surface area contributed by atoms with Gasteiger partial charge in [-0.3, -0.25) is 9.59 Å². The van der Waals surface area contributed by atoms with Crippen molar-refractivity contribution in [2.45, 2.75) is 39.0 Å². The molecule has 42 heavy (non-hydrogen) atoms. The molecule has 1 aromatic heterocycles. The van der Waals surface area contributed by atoms with E-state index in [2.05, 4.69) is 5.32 Å². The van der Waals surface area contributed by atoms with Crippen LogP contribution in [0.2, 0.25) is 0 Å². The van der Waals surface area contributed by atoms with E-state index in [0.717, 1.165) is 17.0 Å². The monoisotopic (exact) mass is 583 g/mol. The number of carbonyl (C=O) groups is 2. The van der Waals surface area contributed by atoms with E-state index < -0.39 is 41.7 Å². The Hall–Kier alpha value is -4.67. The molecule has 1 N–H and O–H groups in total. The molecular weight excluding hydrogens is 554 g/mol. The highest BCUT2D eigenvalue weighted by molar-refractivity contribution is 5.93. The van der Waals surface area contributed by atoms with Gasteiger partial charge in [0.15, 0.2) is 5.43 Å². The Bertz CT molecular complexity index is 1600. The molecule has 0 radical (unpaired) electrons. The van der Waals surface area contributed by atoms with Crippen molar-refractivity contribution in [3.8, 4) is 0 Å². The number of para-hydroxylation sites is 2. The lowest BCUT2D eigenvalue weighted by molar-refractivity contribution is -0.137. The summed E-state index contributed by atoms with van der Waals surface area (Å²) in [5.41, 5.74) is -0.643. The molecule has 3 aromatic carbocycles. The number of urea groups is 1. The molecule has 4 aromatic rings. The van der Waals surface area contributed by atoms with Crippen LogP contribution in [0, 0.1) is 5.82 Å². The Morgan fingerprint density at radius 3 is 2.31 bits per heavy atom. The highest BCUT2D eigenvalue weighted by atomic mass is 19.4. The first kappa shape index (κ1) is 30.3. The van der Waals surface area contributed by atoms with Gasteiger partial charge in [-0.25, -0.2) is 9.18 Å². The van der Waals surface area contributed by atoms with E-state index in [0.29, 0.717) is 29.4 Å². The van der Waals surface area contributed by atoms with E-state index in [-0.39, 0.29) is 30.6 Å². The maximum Gasteiger partial charge on any atom is 0.418 e. The third kappa shape index (κ3) is 7.54. The summed E-state index contributed by atoms with van der Waals surface area (Å²) < 4.78 is 59.6. The van der Waals surface area contributed by atoms with Gasteiger partial charge in [-0.1, -0.05) is 49.7 Å². The molecular formula is C31H29F4N3O4. The van der Waals surface area contributed by atoms with Crippen LogP contribution in [0.25, 0.3) is 11.0 Å². The molecule has 0 fully saturated rings. The number of fused-ring (bicyclic) bond motifs is 1. The number of halogens is 4. The van der Waals surface area contributed by atoms with Crippen molar-refractivity contribution in [2.75, 3.05) is 18.4 Å². The summed E-state index contributed by atoms with van der Waals surface area (Å²) in [5.74, 6) is -1.03. The smallest absolute Gasteiger partial charge is 0.418 e. The molecule has 0 aliphatic heterocycles. The Labute approximate surface area is 239 Å². The summed E-state index contributed by atoms with van der Waals surface area (Å²) in [6.07, 6.45) is -2.27. The predicted octanol–water partition coefficient (Wildman–Crippen LogP) is 6.81. The number of amides is 3.